The summed E-state index contributed by atoms with van der Waals surface area (Å²) in [5, 5.41) is 12.4. The van der Waals surface area contributed by atoms with Crippen molar-refractivity contribution in [3.8, 4) is 0 Å². The van der Waals surface area contributed by atoms with Crippen molar-refractivity contribution in [2.75, 3.05) is 18.8 Å². The zero-order valence-corrected chi connectivity index (χ0v) is 24.5. The number of hydrogen-bond acceptors (Lipinski definition) is 8. The van der Waals surface area contributed by atoms with Crippen LogP contribution in [0.1, 0.15) is 97.7 Å². The van der Waals surface area contributed by atoms with Gasteiger partial charge in [-0.05, 0) is 88.7 Å². The third-order valence-electron chi connectivity index (χ3n) is 9.39. The lowest BCUT2D eigenvalue weighted by Gasteiger charge is -2.50. The topological polar surface area (TPSA) is 90.3 Å². The molecule has 1 aromatic rings. The number of rotatable bonds is 1. The van der Waals surface area contributed by atoms with E-state index < -0.39 is 0 Å². The van der Waals surface area contributed by atoms with E-state index in [9.17, 15) is 0 Å². The van der Waals surface area contributed by atoms with E-state index in [1.165, 1.54) is 45.1 Å². The van der Waals surface area contributed by atoms with Crippen LogP contribution < -0.4 is 26.4 Å². The summed E-state index contributed by atoms with van der Waals surface area (Å²) in [7, 11) is 0. The van der Waals surface area contributed by atoms with Crippen molar-refractivity contribution in [1.82, 2.24) is 30.6 Å². The minimum atomic E-state index is 0.195. The average Bonchev–Trinajstić information content (AvgIpc) is 3.14. The number of nitrogens with zero attached hydrogens (tertiary/aromatic N) is 2. The first kappa shape index (κ1) is 27.7. The quantitative estimate of drug-likeness (QED) is 0.338. The van der Waals surface area contributed by atoms with Gasteiger partial charge in [-0.15, -0.1) is 0 Å². The Kier molecular flexibility index (Phi) is 8.45. The van der Waals surface area contributed by atoms with Gasteiger partial charge in [-0.25, -0.2) is 0 Å². The molecule has 4 aliphatic rings. The molecule has 0 spiro atoms. The Morgan fingerprint density at radius 1 is 1.05 bits per heavy atom. The summed E-state index contributed by atoms with van der Waals surface area (Å²) in [6.45, 7) is 14.4. The van der Waals surface area contributed by atoms with Crippen molar-refractivity contribution in [3.05, 3.63) is 24.0 Å². The molecule has 37 heavy (non-hydrogen) atoms. The fourth-order valence-corrected chi connectivity index (χ4v) is 8.33. The van der Waals surface area contributed by atoms with Gasteiger partial charge in [0, 0.05) is 42.5 Å². The molecule has 7 nitrogen and oxygen atoms in total. The maximum absolute atomic E-state index is 6.18. The van der Waals surface area contributed by atoms with Gasteiger partial charge >= 0.3 is 0 Å². The average molecular weight is 530 g/mol. The summed E-state index contributed by atoms with van der Waals surface area (Å²) < 4.78 is 3.83. The van der Waals surface area contributed by atoms with E-state index in [0.29, 0.717) is 35.6 Å². The van der Waals surface area contributed by atoms with E-state index in [2.05, 4.69) is 66.3 Å². The summed E-state index contributed by atoms with van der Waals surface area (Å²) >= 11 is 1.91. The molecule has 4 bridgehead atoms. The number of hydrogen-bond donors (Lipinski definition) is 5. The monoisotopic (exact) mass is 529 g/mol. The Labute approximate surface area is 229 Å². The van der Waals surface area contributed by atoms with Gasteiger partial charge in [-0.3, -0.25) is 30.6 Å². The highest BCUT2D eigenvalue weighted by molar-refractivity contribution is 7.98. The van der Waals surface area contributed by atoms with Gasteiger partial charge < -0.3 is 5.73 Å². The fraction of sp³-hybridized carbons (Fsp3) is 0.828. The van der Waals surface area contributed by atoms with Crippen LogP contribution in [0, 0.1) is 17.3 Å². The Hall–Kier alpha value is -0.900. The molecule has 4 fully saturated rings. The highest BCUT2D eigenvalue weighted by Gasteiger charge is 2.47. The normalized spacial score (nSPS) is 39.3. The van der Waals surface area contributed by atoms with Crippen molar-refractivity contribution in [2.24, 2.45) is 17.3 Å². The molecule has 8 heteroatoms. The number of nitrogens with two attached hydrogens (primary N) is 1. The van der Waals surface area contributed by atoms with E-state index in [0.717, 1.165) is 30.8 Å². The molecule has 0 aliphatic carbocycles. The zero-order chi connectivity index (χ0) is 26.2. The third-order valence-corrected chi connectivity index (χ3v) is 10.4. The summed E-state index contributed by atoms with van der Waals surface area (Å²) in [6, 6.07) is 4.73. The highest BCUT2D eigenvalue weighted by Crippen LogP contribution is 2.42. The number of pyridine rings is 1. The molecule has 5 rings (SSSR count). The van der Waals surface area contributed by atoms with Gasteiger partial charge in [0.15, 0.2) is 0 Å². The SMILES string of the molecule is CC(C)(C)C1CCC2CNSC3CCCC(N3)NC(c3cc(N)ccn3)CC[C@@H]3CN(C2N1)C(C)(C)C3. The van der Waals surface area contributed by atoms with E-state index in [-0.39, 0.29) is 17.0 Å². The zero-order valence-electron chi connectivity index (χ0n) is 23.7. The van der Waals surface area contributed by atoms with Crippen molar-refractivity contribution in [1.29, 1.82) is 0 Å². The maximum Gasteiger partial charge on any atom is 0.0690 e. The first-order valence-electron chi connectivity index (χ1n) is 14.7. The molecule has 0 amide bonds. The van der Waals surface area contributed by atoms with Gasteiger partial charge in [0.25, 0.3) is 0 Å². The van der Waals surface area contributed by atoms with Gasteiger partial charge in [0.2, 0.25) is 0 Å². The molecule has 4 saturated heterocycles. The molecular formula is C29H51N7S. The summed E-state index contributed by atoms with van der Waals surface area (Å²) in [4.78, 5) is 7.59. The largest absolute Gasteiger partial charge is 0.399 e. The lowest BCUT2D eigenvalue weighted by molar-refractivity contribution is 0.00552. The number of fused-ring (bicyclic) bond motifs is 6. The van der Waals surface area contributed by atoms with Crippen LogP contribution in [0.15, 0.2) is 18.3 Å². The van der Waals surface area contributed by atoms with Crippen LogP contribution in [0.25, 0.3) is 0 Å². The highest BCUT2D eigenvalue weighted by atomic mass is 32.2. The number of piperidine rings is 2. The Morgan fingerprint density at radius 2 is 1.89 bits per heavy atom. The van der Waals surface area contributed by atoms with E-state index >= 15 is 0 Å². The summed E-state index contributed by atoms with van der Waals surface area (Å²) in [5.41, 5.74) is 8.53. The van der Waals surface area contributed by atoms with Crippen molar-refractivity contribution in [2.45, 2.75) is 121 Å². The van der Waals surface area contributed by atoms with Crippen LogP contribution in [0.3, 0.4) is 0 Å². The third kappa shape index (κ3) is 6.64. The Bertz CT molecular complexity index is 902. The van der Waals surface area contributed by atoms with E-state index in [4.69, 9.17) is 10.7 Å². The van der Waals surface area contributed by atoms with Crippen LogP contribution in [0.4, 0.5) is 5.69 Å². The molecule has 0 saturated carbocycles. The number of anilines is 1. The number of nitrogens with one attached hydrogen (secondary N) is 4. The molecule has 8 atom stereocenters. The standard InChI is InChI=1S/C29H51N7S/c1-28(2,3)24-12-10-20-17-32-37-26-8-6-7-25(35-26)33-22(23-15-21(30)13-14-31-23)11-9-19-16-29(4,5)36(18-19)27(20)34-24/h13-15,19-20,22,24-27,32-35H,6-12,16-18H2,1-5H3,(H2,30,31)/t19-,20?,22?,24?,25?,26?,27?/m0/s1. The van der Waals surface area contributed by atoms with Crippen molar-refractivity contribution in [3.63, 3.8) is 0 Å². The number of aromatic nitrogens is 1. The molecular weight excluding hydrogens is 478 g/mol. The fourth-order valence-electron chi connectivity index (χ4n) is 7.30. The molecule has 7 unspecified atom stereocenters. The second-order valence-electron chi connectivity index (χ2n) is 13.8. The Morgan fingerprint density at radius 3 is 2.68 bits per heavy atom. The van der Waals surface area contributed by atoms with Gasteiger partial charge in [-0.1, -0.05) is 32.7 Å². The molecule has 0 radical (unpaired) electrons. The lowest BCUT2D eigenvalue weighted by Crippen LogP contribution is -2.63. The van der Waals surface area contributed by atoms with Crippen LogP contribution >= 0.6 is 11.9 Å². The molecule has 1 aromatic heterocycles. The van der Waals surface area contributed by atoms with Gasteiger partial charge in [0.05, 0.1) is 29.4 Å². The van der Waals surface area contributed by atoms with E-state index in [1.54, 1.807) is 0 Å². The second kappa shape index (κ2) is 11.3. The van der Waals surface area contributed by atoms with Crippen molar-refractivity contribution < 1.29 is 0 Å². The summed E-state index contributed by atoms with van der Waals surface area (Å²) in [5.74, 6) is 1.31. The van der Waals surface area contributed by atoms with Crippen LogP contribution in [-0.4, -0.2) is 52.3 Å². The predicted molar refractivity (Wildman–Crippen MR) is 156 cm³/mol. The molecule has 4 aliphatic heterocycles. The maximum atomic E-state index is 6.18. The molecule has 5 heterocycles. The second-order valence-corrected chi connectivity index (χ2v) is 14.9. The van der Waals surface area contributed by atoms with Gasteiger partial charge in [0.1, 0.15) is 0 Å². The van der Waals surface area contributed by atoms with E-state index in [1.807, 2.05) is 24.2 Å². The molecule has 6 N–H and O–H groups in total. The van der Waals surface area contributed by atoms with Crippen LogP contribution in [0.5, 0.6) is 0 Å². The first-order valence-corrected chi connectivity index (χ1v) is 15.6. The molecule has 208 valence electrons. The Balaban J connectivity index is 1.40. The smallest absolute Gasteiger partial charge is 0.0690 e. The predicted octanol–water partition coefficient (Wildman–Crippen LogP) is 4.59. The minimum Gasteiger partial charge on any atom is -0.399 e. The lowest BCUT2D eigenvalue weighted by atomic mass is 9.78. The molecule has 0 aromatic carbocycles. The first-order chi connectivity index (χ1) is 17.6. The minimum absolute atomic E-state index is 0.195. The van der Waals surface area contributed by atoms with Gasteiger partial charge in [-0.2, -0.15) is 0 Å². The van der Waals surface area contributed by atoms with Crippen LogP contribution in [-0.2, 0) is 0 Å². The number of nitrogen functional groups attached to an aromatic ring is 1. The van der Waals surface area contributed by atoms with Crippen molar-refractivity contribution >= 4 is 17.6 Å². The van der Waals surface area contributed by atoms with Crippen LogP contribution in [0.2, 0.25) is 0 Å². The summed E-state index contributed by atoms with van der Waals surface area (Å²) in [6.07, 6.45) is 12.3.